The van der Waals surface area contributed by atoms with Crippen molar-refractivity contribution in [1.29, 1.82) is 5.26 Å². The van der Waals surface area contributed by atoms with E-state index in [1.54, 1.807) is 6.07 Å². The lowest BCUT2D eigenvalue weighted by molar-refractivity contribution is 0.326. The third kappa shape index (κ3) is 3.79. The lowest BCUT2D eigenvalue weighted by atomic mass is 10.2. The summed E-state index contributed by atoms with van der Waals surface area (Å²) < 4.78 is 5.31. The molecule has 0 fully saturated rings. The van der Waals surface area contributed by atoms with Crippen LogP contribution in [0.4, 0.5) is 11.5 Å². The molecule has 0 bridgehead atoms. The van der Waals surface area contributed by atoms with Gasteiger partial charge in [0.25, 0.3) is 0 Å². The van der Waals surface area contributed by atoms with Gasteiger partial charge >= 0.3 is 0 Å². The molecular formula is C12H19N5O. The molecular weight excluding hydrogens is 230 g/mol. The van der Waals surface area contributed by atoms with Crippen LogP contribution in [0.15, 0.2) is 6.07 Å². The minimum atomic E-state index is 0.285. The number of pyridine rings is 1. The summed E-state index contributed by atoms with van der Waals surface area (Å²) >= 11 is 0. The molecule has 1 rings (SSSR count). The largest absolute Gasteiger partial charge is 0.477 e. The third-order valence-electron chi connectivity index (χ3n) is 2.27. The molecule has 0 saturated heterocycles. The highest BCUT2D eigenvalue weighted by Crippen LogP contribution is 2.24. The molecule has 0 unspecified atom stereocenters. The van der Waals surface area contributed by atoms with Crippen LogP contribution in [0.2, 0.25) is 0 Å². The van der Waals surface area contributed by atoms with E-state index in [4.69, 9.17) is 15.7 Å². The van der Waals surface area contributed by atoms with Crippen LogP contribution in [-0.2, 0) is 0 Å². The Bertz CT molecular complexity index is 439. The average Bonchev–Trinajstić information content (AvgIpc) is 2.28. The molecule has 0 aromatic carbocycles. The van der Waals surface area contributed by atoms with Gasteiger partial charge in [0.05, 0.1) is 12.3 Å². The Morgan fingerprint density at radius 2 is 2.28 bits per heavy atom. The van der Waals surface area contributed by atoms with Crippen molar-refractivity contribution in [3.8, 4) is 11.9 Å². The highest BCUT2D eigenvalue weighted by atomic mass is 16.5. The second-order valence-electron chi connectivity index (χ2n) is 4.05. The van der Waals surface area contributed by atoms with Crippen LogP contribution in [0.25, 0.3) is 0 Å². The maximum Gasteiger partial charge on any atom is 0.235 e. The van der Waals surface area contributed by atoms with Gasteiger partial charge in [0, 0.05) is 19.2 Å². The van der Waals surface area contributed by atoms with E-state index < -0.39 is 0 Å². The summed E-state index contributed by atoms with van der Waals surface area (Å²) in [5.41, 5.74) is 6.47. The minimum Gasteiger partial charge on any atom is -0.477 e. The molecule has 0 aliphatic rings. The predicted octanol–water partition coefficient (Wildman–Crippen LogP) is 0.908. The van der Waals surface area contributed by atoms with Gasteiger partial charge in [-0.05, 0) is 21.0 Å². The summed E-state index contributed by atoms with van der Waals surface area (Å²) in [7, 11) is 3.99. The van der Waals surface area contributed by atoms with Gasteiger partial charge in [0.2, 0.25) is 5.88 Å². The van der Waals surface area contributed by atoms with Crippen molar-refractivity contribution in [2.45, 2.75) is 6.92 Å². The number of nitrogen functional groups attached to an aromatic ring is 1. The highest BCUT2D eigenvalue weighted by Gasteiger charge is 2.11. The van der Waals surface area contributed by atoms with Gasteiger partial charge < -0.3 is 20.7 Å². The van der Waals surface area contributed by atoms with Gasteiger partial charge in [0.15, 0.2) is 0 Å². The van der Waals surface area contributed by atoms with E-state index in [2.05, 4.69) is 15.2 Å². The fraction of sp³-hybridized carbons (Fsp3) is 0.500. The number of nitrogens with zero attached hydrogens (tertiary/aromatic N) is 3. The highest BCUT2D eigenvalue weighted by molar-refractivity contribution is 5.64. The average molecular weight is 249 g/mol. The fourth-order valence-electron chi connectivity index (χ4n) is 1.39. The summed E-state index contributed by atoms with van der Waals surface area (Å²) in [4.78, 5) is 6.30. The topological polar surface area (TPSA) is 87.2 Å². The molecule has 0 aliphatic carbocycles. The van der Waals surface area contributed by atoms with Crippen LogP contribution in [0, 0.1) is 11.3 Å². The van der Waals surface area contributed by atoms with E-state index in [1.807, 2.05) is 27.1 Å². The molecule has 98 valence electrons. The number of aromatic nitrogens is 1. The molecule has 0 atom stereocenters. The molecule has 6 nitrogen and oxygen atoms in total. The number of likely N-dealkylation sites (N-methyl/N-ethyl adjacent to an activating group) is 1. The van der Waals surface area contributed by atoms with Crippen LogP contribution < -0.4 is 15.8 Å². The number of nitrogens with two attached hydrogens (primary N) is 1. The molecule has 18 heavy (non-hydrogen) atoms. The Morgan fingerprint density at radius 3 is 2.83 bits per heavy atom. The van der Waals surface area contributed by atoms with E-state index >= 15 is 0 Å². The van der Waals surface area contributed by atoms with E-state index in [0.29, 0.717) is 18.1 Å². The van der Waals surface area contributed by atoms with Crippen molar-refractivity contribution < 1.29 is 4.74 Å². The van der Waals surface area contributed by atoms with Gasteiger partial charge in [-0.25, -0.2) is 0 Å². The summed E-state index contributed by atoms with van der Waals surface area (Å²) in [5, 5.41) is 12.1. The normalized spacial score (nSPS) is 10.2. The molecule has 0 aliphatic heterocycles. The lowest BCUT2D eigenvalue weighted by Gasteiger charge is -2.13. The zero-order chi connectivity index (χ0) is 13.5. The first kappa shape index (κ1) is 14.1. The van der Waals surface area contributed by atoms with E-state index in [1.165, 1.54) is 0 Å². The maximum atomic E-state index is 8.99. The number of hydrogen-bond acceptors (Lipinski definition) is 6. The molecule has 0 spiro atoms. The van der Waals surface area contributed by atoms with Gasteiger partial charge in [-0.3, -0.25) is 0 Å². The van der Waals surface area contributed by atoms with Crippen molar-refractivity contribution in [1.82, 2.24) is 9.88 Å². The Kier molecular flexibility index (Phi) is 5.21. The van der Waals surface area contributed by atoms with Crippen molar-refractivity contribution in [2.24, 2.45) is 0 Å². The Hall–Kier alpha value is -2.00. The second-order valence-corrected chi connectivity index (χ2v) is 4.05. The van der Waals surface area contributed by atoms with Crippen molar-refractivity contribution in [3.63, 3.8) is 0 Å². The molecule has 0 saturated carbocycles. The molecule has 1 aromatic rings. The summed E-state index contributed by atoms with van der Waals surface area (Å²) in [5.74, 6) is 0.907. The standard InChI is InChI=1S/C12H19N5O/c1-4-18-12-9(8-13)10(14)7-11(16-12)15-5-6-17(2)3/h7H,4-6H2,1-3H3,(H3,14,15,16). The quantitative estimate of drug-likeness (QED) is 0.779. The van der Waals surface area contributed by atoms with Gasteiger partial charge in [0.1, 0.15) is 17.5 Å². The minimum absolute atomic E-state index is 0.285. The first-order chi connectivity index (χ1) is 8.58. The smallest absolute Gasteiger partial charge is 0.235 e. The summed E-state index contributed by atoms with van der Waals surface area (Å²) in [6.45, 7) is 3.91. The van der Waals surface area contributed by atoms with Crippen LogP contribution in [0.3, 0.4) is 0 Å². The van der Waals surface area contributed by atoms with Crippen LogP contribution in [0.5, 0.6) is 5.88 Å². The van der Waals surface area contributed by atoms with E-state index in [-0.39, 0.29) is 11.4 Å². The first-order valence-corrected chi connectivity index (χ1v) is 5.80. The van der Waals surface area contributed by atoms with Gasteiger partial charge in [-0.2, -0.15) is 10.2 Å². The maximum absolute atomic E-state index is 8.99. The monoisotopic (exact) mass is 249 g/mol. The van der Waals surface area contributed by atoms with Crippen molar-refractivity contribution in [3.05, 3.63) is 11.6 Å². The van der Waals surface area contributed by atoms with Gasteiger partial charge in [-0.1, -0.05) is 0 Å². The van der Waals surface area contributed by atoms with Crippen LogP contribution in [0.1, 0.15) is 12.5 Å². The van der Waals surface area contributed by atoms with Crippen molar-refractivity contribution >= 4 is 11.5 Å². The number of nitrogens with one attached hydrogen (secondary N) is 1. The van der Waals surface area contributed by atoms with E-state index in [0.717, 1.165) is 13.1 Å². The zero-order valence-electron chi connectivity index (χ0n) is 11.0. The first-order valence-electron chi connectivity index (χ1n) is 5.80. The zero-order valence-corrected chi connectivity index (χ0v) is 11.0. The van der Waals surface area contributed by atoms with Gasteiger partial charge in [-0.15, -0.1) is 0 Å². The molecule has 3 N–H and O–H groups in total. The molecule has 1 heterocycles. The number of rotatable bonds is 6. The van der Waals surface area contributed by atoms with Crippen molar-refractivity contribution in [2.75, 3.05) is 44.8 Å². The summed E-state index contributed by atoms with van der Waals surface area (Å²) in [6, 6.07) is 3.65. The number of anilines is 2. The third-order valence-corrected chi connectivity index (χ3v) is 2.27. The Balaban J connectivity index is 2.84. The molecule has 0 radical (unpaired) electrons. The van der Waals surface area contributed by atoms with Crippen LogP contribution >= 0.6 is 0 Å². The number of ether oxygens (including phenoxy) is 1. The number of nitriles is 1. The Labute approximate surface area is 107 Å². The molecule has 1 aromatic heterocycles. The SMILES string of the molecule is CCOc1nc(NCCN(C)C)cc(N)c1C#N. The fourth-order valence-corrected chi connectivity index (χ4v) is 1.39. The summed E-state index contributed by atoms with van der Waals surface area (Å²) in [6.07, 6.45) is 0. The van der Waals surface area contributed by atoms with E-state index in [9.17, 15) is 0 Å². The molecule has 0 amide bonds. The second kappa shape index (κ2) is 6.67. The Morgan fingerprint density at radius 1 is 1.56 bits per heavy atom. The lowest BCUT2D eigenvalue weighted by Crippen LogP contribution is -2.21. The van der Waals surface area contributed by atoms with Crippen LogP contribution in [-0.4, -0.2) is 43.7 Å². The molecule has 6 heteroatoms. The predicted molar refractivity (Wildman–Crippen MR) is 71.6 cm³/mol. The number of hydrogen-bond donors (Lipinski definition) is 2.